The molecule has 1 aromatic heterocycles. The minimum Gasteiger partial charge on any atom is -0.349 e. The van der Waals surface area contributed by atoms with Gasteiger partial charge in [-0.3, -0.25) is 9.69 Å². The van der Waals surface area contributed by atoms with E-state index in [4.69, 9.17) is 0 Å². The molecule has 0 unspecified atom stereocenters. The molecule has 1 aliphatic rings. The van der Waals surface area contributed by atoms with Gasteiger partial charge in [0, 0.05) is 24.2 Å². The summed E-state index contributed by atoms with van der Waals surface area (Å²) in [5.41, 5.74) is 1.94. The largest absolute Gasteiger partial charge is 0.349 e. The van der Waals surface area contributed by atoms with Gasteiger partial charge in [-0.25, -0.2) is 9.37 Å². The molecule has 24 heavy (non-hydrogen) atoms. The van der Waals surface area contributed by atoms with E-state index in [-0.39, 0.29) is 17.6 Å². The van der Waals surface area contributed by atoms with Crippen molar-refractivity contribution in [1.82, 2.24) is 15.2 Å². The molecular formula is C18H22FN3OS. The fraction of sp³-hybridized carbons (Fsp3) is 0.444. The molecule has 4 nitrogen and oxygen atoms in total. The number of piperidine rings is 1. The molecule has 1 aromatic carbocycles. The van der Waals surface area contributed by atoms with Crippen LogP contribution in [0.5, 0.6) is 0 Å². The van der Waals surface area contributed by atoms with E-state index in [1.165, 1.54) is 6.07 Å². The molecule has 0 saturated carbocycles. The molecule has 0 aliphatic carbocycles. The Morgan fingerprint density at radius 2 is 2.38 bits per heavy atom. The third-order valence-electron chi connectivity index (χ3n) is 4.25. The van der Waals surface area contributed by atoms with Crippen molar-refractivity contribution in [3.8, 4) is 0 Å². The SMILES string of the molecule is Cc1csc(CNC(=O)[C@@H]2CCCN(Cc3cccc(F)c3)C2)n1. The fourth-order valence-corrected chi connectivity index (χ4v) is 3.81. The molecule has 1 amide bonds. The predicted molar refractivity (Wildman–Crippen MR) is 93.1 cm³/mol. The first-order valence-corrected chi connectivity index (χ1v) is 9.13. The molecule has 1 atom stereocenters. The Hall–Kier alpha value is -1.79. The van der Waals surface area contributed by atoms with Crippen LogP contribution in [0.25, 0.3) is 0 Å². The van der Waals surface area contributed by atoms with Gasteiger partial charge in [-0.15, -0.1) is 11.3 Å². The number of aromatic nitrogens is 1. The summed E-state index contributed by atoms with van der Waals surface area (Å²) in [6.45, 7) is 4.81. The van der Waals surface area contributed by atoms with Crippen molar-refractivity contribution >= 4 is 17.2 Å². The van der Waals surface area contributed by atoms with Gasteiger partial charge in [0.2, 0.25) is 5.91 Å². The van der Waals surface area contributed by atoms with E-state index in [2.05, 4.69) is 15.2 Å². The lowest BCUT2D eigenvalue weighted by molar-refractivity contribution is -0.126. The Balaban J connectivity index is 1.51. The molecule has 0 radical (unpaired) electrons. The maximum atomic E-state index is 13.3. The van der Waals surface area contributed by atoms with E-state index in [1.807, 2.05) is 18.4 Å². The third kappa shape index (κ3) is 4.61. The van der Waals surface area contributed by atoms with Crippen LogP contribution >= 0.6 is 11.3 Å². The van der Waals surface area contributed by atoms with Gasteiger partial charge >= 0.3 is 0 Å². The van der Waals surface area contributed by atoms with E-state index in [9.17, 15) is 9.18 Å². The first-order valence-electron chi connectivity index (χ1n) is 8.25. The zero-order valence-corrected chi connectivity index (χ0v) is 14.6. The molecule has 0 spiro atoms. The van der Waals surface area contributed by atoms with Crippen LogP contribution in [-0.2, 0) is 17.9 Å². The topological polar surface area (TPSA) is 45.2 Å². The van der Waals surface area contributed by atoms with Gasteiger partial charge in [0.05, 0.1) is 12.5 Å². The van der Waals surface area contributed by atoms with Gasteiger partial charge in [0.25, 0.3) is 0 Å². The maximum Gasteiger partial charge on any atom is 0.224 e. The van der Waals surface area contributed by atoms with E-state index in [1.54, 1.807) is 23.5 Å². The summed E-state index contributed by atoms with van der Waals surface area (Å²) in [4.78, 5) is 19.0. The van der Waals surface area contributed by atoms with Crippen molar-refractivity contribution < 1.29 is 9.18 Å². The molecule has 1 fully saturated rings. The monoisotopic (exact) mass is 347 g/mol. The highest BCUT2D eigenvalue weighted by molar-refractivity contribution is 7.09. The average molecular weight is 347 g/mol. The molecule has 3 rings (SSSR count). The number of rotatable bonds is 5. The second-order valence-corrected chi connectivity index (χ2v) is 7.25. The van der Waals surface area contributed by atoms with Crippen molar-refractivity contribution in [2.75, 3.05) is 13.1 Å². The number of carbonyl (C=O) groups excluding carboxylic acids is 1. The van der Waals surface area contributed by atoms with Crippen molar-refractivity contribution in [2.45, 2.75) is 32.9 Å². The van der Waals surface area contributed by atoms with Crippen molar-refractivity contribution in [1.29, 1.82) is 0 Å². The number of carbonyl (C=O) groups is 1. The number of nitrogens with zero attached hydrogens (tertiary/aromatic N) is 2. The number of likely N-dealkylation sites (tertiary alicyclic amines) is 1. The average Bonchev–Trinajstić information content (AvgIpc) is 2.98. The summed E-state index contributed by atoms with van der Waals surface area (Å²) in [5.74, 6) is -0.127. The number of halogens is 1. The number of nitrogens with one attached hydrogen (secondary N) is 1. The predicted octanol–water partition coefficient (Wildman–Crippen LogP) is 3.12. The van der Waals surface area contributed by atoms with E-state index in [0.717, 1.165) is 42.2 Å². The first-order chi connectivity index (χ1) is 11.6. The molecule has 6 heteroatoms. The Bertz CT molecular complexity index is 703. The second-order valence-electron chi connectivity index (χ2n) is 6.30. The molecule has 1 saturated heterocycles. The molecular weight excluding hydrogens is 325 g/mol. The van der Waals surface area contributed by atoms with Crippen molar-refractivity contribution in [2.24, 2.45) is 5.92 Å². The van der Waals surface area contributed by atoms with Crippen LogP contribution in [0.1, 0.15) is 29.1 Å². The highest BCUT2D eigenvalue weighted by Gasteiger charge is 2.25. The molecule has 128 valence electrons. The number of aryl methyl sites for hydroxylation is 1. The zero-order chi connectivity index (χ0) is 16.9. The quantitative estimate of drug-likeness (QED) is 0.904. The highest BCUT2D eigenvalue weighted by Crippen LogP contribution is 2.19. The Kier molecular flexibility index (Phi) is 5.58. The first kappa shape index (κ1) is 17.0. The standard InChI is InChI=1S/C18H22FN3OS/c1-13-12-24-17(21-13)9-20-18(23)15-5-3-7-22(11-15)10-14-4-2-6-16(19)8-14/h2,4,6,8,12,15H,3,5,7,9-11H2,1H3,(H,20,23)/t15-/m1/s1. The van der Waals surface area contributed by atoms with Gasteiger partial charge in [-0.1, -0.05) is 12.1 Å². The minimum atomic E-state index is -0.211. The molecule has 1 N–H and O–H groups in total. The summed E-state index contributed by atoms with van der Waals surface area (Å²) in [6, 6.07) is 6.68. The van der Waals surface area contributed by atoms with Crippen LogP contribution in [0.4, 0.5) is 4.39 Å². The fourth-order valence-electron chi connectivity index (χ4n) is 3.10. The number of hydrogen-bond acceptors (Lipinski definition) is 4. The summed E-state index contributed by atoms with van der Waals surface area (Å²) < 4.78 is 13.3. The molecule has 1 aliphatic heterocycles. The van der Waals surface area contributed by atoms with Crippen LogP contribution in [0.2, 0.25) is 0 Å². The zero-order valence-electron chi connectivity index (χ0n) is 13.8. The number of hydrogen-bond donors (Lipinski definition) is 1. The van der Waals surface area contributed by atoms with E-state index < -0.39 is 0 Å². The number of thiazole rings is 1. The van der Waals surface area contributed by atoms with Crippen molar-refractivity contribution in [3.05, 3.63) is 51.7 Å². The maximum absolute atomic E-state index is 13.3. The second kappa shape index (κ2) is 7.85. The van der Waals surface area contributed by atoms with Gasteiger partial charge in [-0.05, 0) is 44.0 Å². The van der Waals surface area contributed by atoms with Gasteiger partial charge < -0.3 is 5.32 Å². The lowest BCUT2D eigenvalue weighted by Gasteiger charge is -2.32. The van der Waals surface area contributed by atoms with Crippen molar-refractivity contribution in [3.63, 3.8) is 0 Å². The lowest BCUT2D eigenvalue weighted by Crippen LogP contribution is -2.42. The smallest absolute Gasteiger partial charge is 0.224 e. The van der Waals surface area contributed by atoms with Gasteiger partial charge in [0.15, 0.2) is 0 Å². The van der Waals surface area contributed by atoms with E-state index in [0.29, 0.717) is 13.1 Å². The molecule has 2 aromatic rings. The van der Waals surface area contributed by atoms with Crippen LogP contribution in [0.15, 0.2) is 29.6 Å². The highest BCUT2D eigenvalue weighted by atomic mass is 32.1. The van der Waals surface area contributed by atoms with Crippen LogP contribution in [0, 0.1) is 18.7 Å². The number of amides is 1. The summed E-state index contributed by atoms with van der Waals surface area (Å²) >= 11 is 1.57. The third-order valence-corrected chi connectivity index (χ3v) is 5.22. The van der Waals surface area contributed by atoms with E-state index >= 15 is 0 Å². The summed E-state index contributed by atoms with van der Waals surface area (Å²) in [5, 5.41) is 5.92. The van der Waals surface area contributed by atoms with Crippen LogP contribution in [0.3, 0.4) is 0 Å². The summed E-state index contributed by atoms with van der Waals surface area (Å²) in [6.07, 6.45) is 1.89. The van der Waals surface area contributed by atoms with Gasteiger partial charge in [-0.2, -0.15) is 0 Å². The summed E-state index contributed by atoms with van der Waals surface area (Å²) in [7, 11) is 0. The lowest BCUT2D eigenvalue weighted by atomic mass is 9.96. The Morgan fingerprint density at radius 3 is 3.12 bits per heavy atom. The number of benzene rings is 1. The minimum absolute atomic E-state index is 0.00614. The van der Waals surface area contributed by atoms with Crippen LogP contribution in [-0.4, -0.2) is 28.9 Å². The van der Waals surface area contributed by atoms with Crippen LogP contribution < -0.4 is 5.32 Å². The Labute approximate surface area is 145 Å². The molecule has 0 bridgehead atoms. The van der Waals surface area contributed by atoms with Gasteiger partial charge in [0.1, 0.15) is 10.8 Å². The Morgan fingerprint density at radius 1 is 1.50 bits per heavy atom. The molecule has 2 heterocycles. The normalized spacial score (nSPS) is 18.5.